The van der Waals surface area contributed by atoms with Crippen LogP contribution < -0.4 is 0 Å². The lowest BCUT2D eigenvalue weighted by molar-refractivity contribution is -0.129. The maximum absolute atomic E-state index is 15.7. The maximum atomic E-state index is 15.7. The molecule has 5 nitrogen and oxygen atoms in total. The maximum Gasteiger partial charge on any atom is 0.246 e. The molecule has 2 unspecified atom stereocenters. The molecular weight excluding hydrogens is 473 g/mol. The van der Waals surface area contributed by atoms with Gasteiger partial charge in [-0.15, -0.1) is 12.6 Å². The normalized spacial score (nSPS) is 22.7. The number of aromatic hydroxyl groups is 1. The van der Waals surface area contributed by atoms with E-state index in [1.807, 2.05) is 43.0 Å². The third-order valence-electron chi connectivity index (χ3n) is 6.22. The fraction of sp³-hybridized carbons (Fsp3) is 0.231. The molecule has 1 amide bonds. The van der Waals surface area contributed by atoms with E-state index in [2.05, 4.69) is 19.2 Å². The molecule has 1 aliphatic carbocycles. The number of fused-ring (bicyclic) bond motifs is 1. The van der Waals surface area contributed by atoms with Crippen LogP contribution in [0.5, 0.6) is 5.75 Å². The van der Waals surface area contributed by atoms with E-state index < -0.39 is 5.83 Å². The van der Waals surface area contributed by atoms with Crippen LogP contribution in [0.4, 0.5) is 4.39 Å². The van der Waals surface area contributed by atoms with Crippen LogP contribution >= 0.6 is 24.2 Å². The number of piperazine rings is 1. The molecule has 1 aliphatic heterocycles. The number of phenolic OH excluding ortho intramolecular Hbond substituents is 1. The second-order valence-corrected chi connectivity index (χ2v) is 9.39. The third-order valence-corrected chi connectivity index (χ3v) is 6.99. The van der Waals surface area contributed by atoms with Gasteiger partial charge in [-0.05, 0) is 54.5 Å². The number of thiol groups is 1. The number of halogens is 2. The van der Waals surface area contributed by atoms with Crippen molar-refractivity contribution in [3.63, 3.8) is 0 Å². The van der Waals surface area contributed by atoms with Gasteiger partial charge in [0.2, 0.25) is 5.91 Å². The Kier molecular flexibility index (Phi) is 6.60. The van der Waals surface area contributed by atoms with Gasteiger partial charge in [0.1, 0.15) is 11.5 Å². The largest absolute Gasteiger partial charge is 0.508 e. The predicted molar refractivity (Wildman–Crippen MR) is 139 cm³/mol. The highest BCUT2D eigenvalue weighted by molar-refractivity contribution is 7.84. The third kappa shape index (κ3) is 4.14. The summed E-state index contributed by atoms with van der Waals surface area (Å²) in [7, 11) is 0. The zero-order valence-electron chi connectivity index (χ0n) is 18.8. The number of amides is 1. The van der Waals surface area contributed by atoms with E-state index in [0.717, 1.165) is 5.39 Å². The minimum atomic E-state index is -0.786. The summed E-state index contributed by atoms with van der Waals surface area (Å²) in [5.74, 6) is -0.946. The molecule has 8 heteroatoms. The van der Waals surface area contributed by atoms with Gasteiger partial charge in [0.05, 0.1) is 10.1 Å². The fourth-order valence-electron chi connectivity index (χ4n) is 4.73. The lowest BCUT2D eigenvalue weighted by Crippen LogP contribution is -2.57. The predicted octanol–water partition coefficient (Wildman–Crippen LogP) is 5.63. The van der Waals surface area contributed by atoms with Gasteiger partial charge in [0.15, 0.2) is 5.83 Å². The Morgan fingerprint density at radius 1 is 1.26 bits per heavy atom. The van der Waals surface area contributed by atoms with Crippen LogP contribution in [0.1, 0.15) is 19.4 Å². The summed E-state index contributed by atoms with van der Waals surface area (Å²) in [6, 6.07) is 10.1. The molecule has 0 bridgehead atoms. The molecule has 1 heterocycles. The second kappa shape index (κ2) is 9.31. The van der Waals surface area contributed by atoms with E-state index in [0.29, 0.717) is 29.1 Å². The highest BCUT2D eigenvalue weighted by Gasteiger charge is 2.35. The number of benzene rings is 2. The van der Waals surface area contributed by atoms with Crippen molar-refractivity contribution < 1.29 is 14.3 Å². The summed E-state index contributed by atoms with van der Waals surface area (Å²) in [6.07, 6.45) is 2.84. The SMILES string of the molecule is C=CC(=O)N1CC(C)N(/C(S)=C2\C=C(Cl)C(c3cc(O)cc4ccccc34)=C(F)C2=N)C(C)C1. The van der Waals surface area contributed by atoms with Crippen LogP contribution in [-0.2, 0) is 4.79 Å². The molecule has 0 saturated carbocycles. The highest BCUT2D eigenvalue weighted by Crippen LogP contribution is 2.42. The van der Waals surface area contributed by atoms with Crippen LogP contribution in [0.3, 0.4) is 0 Å². The molecule has 2 N–H and O–H groups in total. The fourth-order valence-corrected chi connectivity index (χ4v) is 5.60. The summed E-state index contributed by atoms with van der Waals surface area (Å²) in [4.78, 5) is 15.8. The first-order chi connectivity index (χ1) is 16.1. The van der Waals surface area contributed by atoms with Crippen molar-refractivity contribution in [3.05, 3.63) is 82.2 Å². The molecule has 2 atom stereocenters. The number of carbonyl (C=O) groups excluding carboxylic acids is 1. The Labute approximate surface area is 208 Å². The summed E-state index contributed by atoms with van der Waals surface area (Å²) in [5.41, 5.74) is 0.408. The number of nitrogens with one attached hydrogen (secondary N) is 1. The Morgan fingerprint density at radius 3 is 2.56 bits per heavy atom. The Morgan fingerprint density at radius 2 is 1.91 bits per heavy atom. The van der Waals surface area contributed by atoms with E-state index in [1.165, 1.54) is 12.1 Å². The number of rotatable bonds is 3. The Hall–Kier alpha value is -3.03. The Bertz CT molecular complexity index is 1300. The van der Waals surface area contributed by atoms with Crippen molar-refractivity contribution in [3.8, 4) is 5.75 Å². The summed E-state index contributed by atoms with van der Waals surface area (Å²) >= 11 is 11.3. The molecule has 0 aromatic heterocycles. The second-order valence-electron chi connectivity index (χ2n) is 8.56. The van der Waals surface area contributed by atoms with Crippen LogP contribution in [0, 0.1) is 5.41 Å². The molecule has 2 aromatic carbocycles. The zero-order valence-corrected chi connectivity index (χ0v) is 20.5. The lowest BCUT2D eigenvalue weighted by atomic mass is 9.90. The molecule has 2 aliphatic rings. The number of carbonyl (C=O) groups is 1. The number of hydrogen-bond donors (Lipinski definition) is 3. The van der Waals surface area contributed by atoms with Gasteiger partial charge in [-0.1, -0.05) is 42.4 Å². The van der Waals surface area contributed by atoms with Gasteiger partial charge in [-0.25, -0.2) is 4.39 Å². The standard InChI is InChI=1S/C26H25ClFN3O2S/c1-4-22(33)30-12-14(2)31(15(3)13-30)26(34)20-11-21(27)23(24(28)25(20)29)19-10-17(32)9-16-7-5-6-8-18(16)19/h4-11,14-15,29,32,34H,1,12-13H2,2-3H3/b26-20-,29-25?. The summed E-state index contributed by atoms with van der Waals surface area (Å²) in [6.45, 7) is 8.36. The molecule has 1 saturated heterocycles. The zero-order chi connectivity index (χ0) is 24.7. The van der Waals surface area contributed by atoms with Gasteiger partial charge in [0, 0.05) is 36.3 Å². The van der Waals surface area contributed by atoms with Crippen molar-refractivity contribution in [2.75, 3.05) is 13.1 Å². The molecule has 2 aromatic rings. The molecule has 1 fully saturated rings. The van der Waals surface area contributed by atoms with Crippen molar-refractivity contribution in [1.29, 1.82) is 5.41 Å². The highest BCUT2D eigenvalue weighted by atomic mass is 35.5. The van der Waals surface area contributed by atoms with Crippen LogP contribution in [-0.4, -0.2) is 51.7 Å². The van der Waals surface area contributed by atoms with Gasteiger partial charge in [0.25, 0.3) is 0 Å². The first-order valence-corrected chi connectivity index (χ1v) is 11.7. The van der Waals surface area contributed by atoms with Gasteiger partial charge in [-0.2, -0.15) is 0 Å². The van der Waals surface area contributed by atoms with Crippen LogP contribution in [0.25, 0.3) is 16.3 Å². The minimum absolute atomic E-state index is 0.0178. The first-order valence-electron chi connectivity index (χ1n) is 10.9. The number of nitrogens with zero attached hydrogens (tertiary/aromatic N) is 2. The average Bonchev–Trinajstić information content (AvgIpc) is 2.80. The summed E-state index contributed by atoms with van der Waals surface area (Å²) < 4.78 is 15.7. The van der Waals surface area contributed by atoms with Crippen molar-refractivity contribution >= 4 is 52.2 Å². The number of hydrogen-bond acceptors (Lipinski definition) is 5. The van der Waals surface area contributed by atoms with E-state index in [9.17, 15) is 9.90 Å². The molecule has 0 radical (unpaired) electrons. The van der Waals surface area contributed by atoms with Gasteiger partial charge < -0.3 is 14.9 Å². The van der Waals surface area contributed by atoms with E-state index in [-0.39, 0.29) is 45.6 Å². The van der Waals surface area contributed by atoms with Crippen LogP contribution in [0.2, 0.25) is 0 Å². The lowest BCUT2D eigenvalue weighted by Gasteiger charge is -2.46. The quantitative estimate of drug-likeness (QED) is 0.380. The molecule has 0 spiro atoms. The number of allylic oxidation sites excluding steroid dienone is 5. The molecule has 4 rings (SSSR count). The van der Waals surface area contributed by atoms with Gasteiger partial charge >= 0.3 is 0 Å². The van der Waals surface area contributed by atoms with Gasteiger partial charge in [-0.3, -0.25) is 10.2 Å². The summed E-state index contributed by atoms with van der Waals surface area (Å²) in [5, 5.41) is 20.8. The molecule has 34 heavy (non-hydrogen) atoms. The average molecular weight is 498 g/mol. The van der Waals surface area contributed by atoms with E-state index in [4.69, 9.17) is 17.0 Å². The first kappa shape index (κ1) is 24.1. The van der Waals surface area contributed by atoms with E-state index >= 15 is 4.39 Å². The minimum Gasteiger partial charge on any atom is -0.508 e. The number of phenols is 1. The van der Waals surface area contributed by atoms with E-state index in [1.54, 1.807) is 17.0 Å². The topological polar surface area (TPSA) is 67.6 Å². The smallest absolute Gasteiger partial charge is 0.246 e. The van der Waals surface area contributed by atoms with Crippen molar-refractivity contribution in [2.24, 2.45) is 0 Å². The monoisotopic (exact) mass is 497 g/mol. The molecule has 176 valence electrons. The van der Waals surface area contributed by atoms with Crippen molar-refractivity contribution in [2.45, 2.75) is 25.9 Å². The molecular formula is C26H25ClFN3O2S. The van der Waals surface area contributed by atoms with Crippen molar-refractivity contribution in [1.82, 2.24) is 9.80 Å². The Balaban J connectivity index is 1.76. The van der Waals surface area contributed by atoms with Crippen LogP contribution in [0.15, 0.2) is 76.6 Å².